The van der Waals surface area contributed by atoms with Gasteiger partial charge in [0.1, 0.15) is 0 Å². The summed E-state index contributed by atoms with van der Waals surface area (Å²) in [5.74, 6) is 0.934. The van der Waals surface area contributed by atoms with Crippen LogP contribution >= 0.6 is 0 Å². The Labute approximate surface area is 101 Å². The van der Waals surface area contributed by atoms with Crippen molar-refractivity contribution in [2.45, 2.75) is 71.1 Å². The van der Waals surface area contributed by atoms with Crippen molar-refractivity contribution in [3.05, 3.63) is 23.3 Å². The Morgan fingerprint density at radius 1 is 0.938 bits per heavy atom. The second-order valence-electron chi connectivity index (χ2n) is 5.54. The summed E-state index contributed by atoms with van der Waals surface area (Å²) in [6, 6.07) is 0. The van der Waals surface area contributed by atoms with E-state index in [0.717, 1.165) is 5.92 Å². The summed E-state index contributed by atoms with van der Waals surface area (Å²) in [4.78, 5) is 0. The maximum atomic E-state index is 2.40. The van der Waals surface area contributed by atoms with Gasteiger partial charge >= 0.3 is 0 Å². The Balaban J connectivity index is 2.06. The van der Waals surface area contributed by atoms with Crippen molar-refractivity contribution in [2.75, 3.05) is 0 Å². The van der Waals surface area contributed by atoms with Gasteiger partial charge in [-0.15, -0.1) is 0 Å². The quantitative estimate of drug-likeness (QED) is 0.510. The predicted octanol–water partition coefficient (Wildman–Crippen LogP) is 5.40. The fraction of sp³-hybridized carbons (Fsp3) is 0.750. The zero-order valence-corrected chi connectivity index (χ0v) is 10.8. The monoisotopic (exact) mass is 218 g/mol. The van der Waals surface area contributed by atoms with Crippen molar-refractivity contribution in [3.8, 4) is 0 Å². The first kappa shape index (κ1) is 12.0. The average Bonchev–Trinajstić information content (AvgIpc) is 2.73. The minimum Gasteiger partial charge on any atom is -0.0843 e. The lowest BCUT2D eigenvalue weighted by molar-refractivity contribution is 0.508. The van der Waals surface area contributed by atoms with Crippen molar-refractivity contribution >= 4 is 0 Å². The third-order valence-corrected chi connectivity index (χ3v) is 4.29. The molecular weight excluding hydrogens is 192 g/mol. The molecule has 0 saturated heterocycles. The van der Waals surface area contributed by atoms with E-state index in [1.165, 1.54) is 64.2 Å². The molecule has 0 bridgehead atoms. The van der Waals surface area contributed by atoms with Crippen LogP contribution in [0.2, 0.25) is 0 Å². The maximum Gasteiger partial charge on any atom is -0.0197 e. The molecule has 0 nitrogen and oxygen atoms in total. The molecule has 16 heavy (non-hydrogen) atoms. The third-order valence-electron chi connectivity index (χ3n) is 4.29. The van der Waals surface area contributed by atoms with Crippen LogP contribution in [0, 0.1) is 5.92 Å². The van der Waals surface area contributed by atoms with E-state index in [9.17, 15) is 0 Å². The fourth-order valence-electron chi connectivity index (χ4n) is 3.31. The van der Waals surface area contributed by atoms with Crippen LogP contribution in [0.4, 0.5) is 0 Å². The lowest BCUT2D eigenvalue weighted by atomic mass is 9.91. The first-order valence-electron chi connectivity index (χ1n) is 7.24. The van der Waals surface area contributed by atoms with Crippen molar-refractivity contribution in [1.82, 2.24) is 0 Å². The summed E-state index contributed by atoms with van der Waals surface area (Å²) in [6.07, 6.45) is 19.0. The van der Waals surface area contributed by atoms with Gasteiger partial charge in [0.2, 0.25) is 0 Å². The zero-order chi connectivity index (χ0) is 11.2. The predicted molar refractivity (Wildman–Crippen MR) is 71.5 cm³/mol. The minimum atomic E-state index is 0.934. The molecule has 90 valence electrons. The van der Waals surface area contributed by atoms with Crippen LogP contribution in [0.25, 0.3) is 0 Å². The largest absolute Gasteiger partial charge is 0.0843 e. The van der Waals surface area contributed by atoms with Crippen LogP contribution in [-0.2, 0) is 0 Å². The molecule has 1 saturated carbocycles. The number of allylic oxidation sites excluding steroid dienone is 4. The molecule has 0 N–H and O–H groups in total. The number of hydrogen-bond acceptors (Lipinski definition) is 0. The van der Waals surface area contributed by atoms with E-state index in [-0.39, 0.29) is 0 Å². The second kappa shape index (κ2) is 6.27. The molecule has 0 spiro atoms. The van der Waals surface area contributed by atoms with E-state index in [2.05, 4.69) is 19.1 Å². The molecule has 0 heterocycles. The first-order chi connectivity index (χ1) is 7.88. The maximum absolute atomic E-state index is 2.40. The van der Waals surface area contributed by atoms with Crippen LogP contribution in [0.1, 0.15) is 71.1 Å². The highest BCUT2D eigenvalue weighted by Crippen LogP contribution is 2.37. The summed E-state index contributed by atoms with van der Waals surface area (Å²) in [5, 5.41) is 0. The smallest absolute Gasteiger partial charge is 0.0197 e. The van der Waals surface area contributed by atoms with E-state index >= 15 is 0 Å². The second-order valence-corrected chi connectivity index (χ2v) is 5.54. The van der Waals surface area contributed by atoms with Crippen LogP contribution in [0.5, 0.6) is 0 Å². The molecule has 2 aliphatic rings. The topological polar surface area (TPSA) is 0 Å². The zero-order valence-electron chi connectivity index (χ0n) is 10.8. The summed E-state index contributed by atoms with van der Waals surface area (Å²) in [6.45, 7) is 2.33. The van der Waals surface area contributed by atoms with Gasteiger partial charge in [-0.05, 0) is 51.4 Å². The Morgan fingerprint density at radius 3 is 2.62 bits per heavy atom. The lowest BCUT2D eigenvalue weighted by Gasteiger charge is -2.14. The van der Waals surface area contributed by atoms with E-state index in [1.807, 2.05) is 0 Å². The standard InChI is InChI=1S/C16H26/c1-14-10-7-5-3-2-4-6-8-11-15-12-9-13-16(14)15/h7,10,15H,2-6,8-9,11-13H2,1H3. The van der Waals surface area contributed by atoms with E-state index in [4.69, 9.17) is 0 Å². The van der Waals surface area contributed by atoms with Crippen LogP contribution in [0.15, 0.2) is 23.3 Å². The Bertz CT molecular complexity index is 270. The first-order valence-corrected chi connectivity index (χ1v) is 7.24. The third kappa shape index (κ3) is 3.23. The Morgan fingerprint density at radius 2 is 1.69 bits per heavy atom. The highest BCUT2D eigenvalue weighted by atomic mass is 14.3. The molecule has 0 aromatic carbocycles. The van der Waals surface area contributed by atoms with Gasteiger partial charge in [0.05, 0.1) is 0 Å². The van der Waals surface area contributed by atoms with Crippen LogP contribution in [0.3, 0.4) is 0 Å². The highest BCUT2D eigenvalue weighted by Gasteiger charge is 2.21. The van der Waals surface area contributed by atoms with Crippen molar-refractivity contribution in [1.29, 1.82) is 0 Å². The van der Waals surface area contributed by atoms with Gasteiger partial charge < -0.3 is 0 Å². The summed E-state index contributed by atoms with van der Waals surface area (Å²) in [5.41, 5.74) is 3.37. The normalized spacial score (nSPS) is 28.4. The molecule has 0 radical (unpaired) electrons. The van der Waals surface area contributed by atoms with Gasteiger partial charge in [0.15, 0.2) is 0 Å². The van der Waals surface area contributed by atoms with E-state index in [1.54, 1.807) is 11.1 Å². The Kier molecular flexibility index (Phi) is 4.69. The average molecular weight is 218 g/mol. The van der Waals surface area contributed by atoms with Crippen LogP contribution in [-0.4, -0.2) is 0 Å². The number of hydrogen-bond donors (Lipinski definition) is 0. The van der Waals surface area contributed by atoms with Gasteiger partial charge in [-0.1, -0.05) is 49.0 Å². The summed E-state index contributed by atoms with van der Waals surface area (Å²) >= 11 is 0. The molecule has 0 aromatic rings. The molecule has 2 rings (SSSR count). The molecule has 1 atom stereocenters. The van der Waals surface area contributed by atoms with Crippen molar-refractivity contribution in [3.63, 3.8) is 0 Å². The van der Waals surface area contributed by atoms with Gasteiger partial charge in [0, 0.05) is 0 Å². The van der Waals surface area contributed by atoms with E-state index < -0.39 is 0 Å². The summed E-state index contributed by atoms with van der Waals surface area (Å²) < 4.78 is 0. The molecular formula is C16H26. The molecule has 1 unspecified atom stereocenters. The molecule has 0 aliphatic heterocycles. The van der Waals surface area contributed by atoms with Crippen LogP contribution < -0.4 is 0 Å². The molecule has 1 fully saturated rings. The fourth-order valence-corrected chi connectivity index (χ4v) is 3.31. The number of fused-ring (bicyclic) bond motifs is 1. The SMILES string of the molecule is CC1=C2CCCC2CCCCCCCC=C1. The van der Waals surface area contributed by atoms with Gasteiger partial charge in [-0.2, -0.15) is 0 Å². The number of rotatable bonds is 0. The highest BCUT2D eigenvalue weighted by molar-refractivity contribution is 5.27. The molecule has 0 amide bonds. The van der Waals surface area contributed by atoms with Crippen molar-refractivity contribution < 1.29 is 0 Å². The van der Waals surface area contributed by atoms with Gasteiger partial charge in [0.25, 0.3) is 0 Å². The van der Waals surface area contributed by atoms with E-state index in [0.29, 0.717) is 0 Å². The molecule has 0 aromatic heterocycles. The van der Waals surface area contributed by atoms with Gasteiger partial charge in [-0.3, -0.25) is 0 Å². The Hall–Kier alpha value is -0.520. The van der Waals surface area contributed by atoms with Gasteiger partial charge in [-0.25, -0.2) is 0 Å². The molecule has 0 heteroatoms. The lowest BCUT2D eigenvalue weighted by Crippen LogP contribution is -1.99. The van der Waals surface area contributed by atoms with Crippen molar-refractivity contribution in [2.24, 2.45) is 5.92 Å². The minimum absolute atomic E-state index is 0.934. The summed E-state index contributed by atoms with van der Waals surface area (Å²) in [7, 11) is 0. The molecule has 2 aliphatic carbocycles.